The van der Waals surface area contributed by atoms with Crippen LogP contribution in [0, 0.1) is 0 Å². The molecule has 2 aromatic rings. The van der Waals surface area contributed by atoms with Crippen LogP contribution in [0.5, 0.6) is 0 Å². The average Bonchev–Trinajstić information content (AvgIpc) is 2.99. The molecule has 9 heteroatoms. The minimum absolute atomic E-state index is 0.0160. The van der Waals surface area contributed by atoms with Gasteiger partial charge in [-0.25, -0.2) is 4.79 Å². The van der Waals surface area contributed by atoms with Gasteiger partial charge in [0.25, 0.3) is 0 Å². The van der Waals surface area contributed by atoms with Crippen LogP contribution in [0.3, 0.4) is 0 Å². The minimum Gasteiger partial charge on any atom is -0.480 e. The van der Waals surface area contributed by atoms with Crippen molar-refractivity contribution >= 4 is 39.4 Å². The lowest BCUT2D eigenvalue weighted by atomic mass is 9.89. The van der Waals surface area contributed by atoms with Gasteiger partial charge >= 0.3 is 5.97 Å². The lowest BCUT2D eigenvalue weighted by Gasteiger charge is -2.40. The van der Waals surface area contributed by atoms with Crippen LogP contribution in [0.25, 0.3) is 0 Å². The maximum absolute atomic E-state index is 13.7. The first kappa shape index (κ1) is 25.6. The summed E-state index contributed by atoms with van der Waals surface area (Å²) in [5.74, 6) is -1.11. The molecule has 0 radical (unpaired) electrons. The number of carboxylic acids is 1. The van der Waals surface area contributed by atoms with E-state index in [4.69, 9.17) is 0 Å². The molecule has 0 aromatic heterocycles. The summed E-state index contributed by atoms with van der Waals surface area (Å²) in [5.41, 5.74) is 2.94. The predicted octanol–water partition coefficient (Wildman–Crippen LogP) is 3.22. The number of benzene rings is 2. The first-order valence-electron chi connectivity index (χ1n) is 11.9. The lowest BCUT2D eigenvalue weighted by molar-refractivity contribution is -0.156. The smallest absolute Gasteiger partial charge is 0.326 e. The summed E-state index contributed by atoms with van der Waals surface area (Å²) in [7, 11) is 2.80. The molecule has 4 atom stereocenters. The summed E-state index contributed by atoms with van der Waals surface area (Å²) >= 11 is 0. The molecule has 0 spiro atoms. The molecule has 0 aliphatic carbocycles. The van der Waals surface area contributed by atoms with Crippen LogP contribution in [0.4, 0.5) is 0 Å². The Bertz CT molecular complexity index is 1050. The number of fused-ring (bicyclic) bond motifs is 3. The van der Waals surface area contributed by atoms with Crippen LogP contribution in [0.15, 0.2) is 54.6 Å². The molecule has 3 N–H and O–H groups in total. The summed E-state index contributed by atoms with van der Waals surface area (Å²) in [5, 5.41) is 21.5. The third kappa shape index (κ3) is 6.02. The fourth-order valence-corrected chi connectivity index (χ4v) is 7.15. The van der Waals surface area contributed by atoms with Crippen LogP contribution >= 0.6 is 21.6 Å². The van der Waals surface area contributed by atoms with Gasteiger partial charge in [0.2, 0.25) is 11.8 Å². The molecule has 2 amide bonds. The van der Waals surface area contributed by atoms with E-state index >= 15 is 0 Å². The third-order valence-electron chi connectivity index (χ3n) is 6.53. The van der Waals surface area contributed by atoms with Crippen LogP contribution in [-0.2, 0) is 27.2 Å². The second-order valence-electron chi connectivity index (χ2n) is 8.83. The number of carbonyl (C=O) groups excluding carboxylic acids is 2. The molecule has 0 bridgehead atoms. The van der Waals surface area contributed by atoms with Gasteiger partial charge in [0.1, 0.15) is 12.1 Å². The van der Waals surface area contributed by atoms with Gasteiger partial charge in [-0.1, -0.05) is 76.2 Å². The van der Waals surface area contributed by atoms with Crippen molar-refractivity contribution in [3.63, 3.8) is 0 Å². The second-order valence-corrected chi connectivity index (χ2v) is 11.5. The first-order chi connectivity index (χ1) is 17.0. The van der Waals surface area contributed by atoms with E-state index in [1.54, 1.807) is 0 Å². The number of carbonyl (C=O) groups is 3. The number of rotatable bonds is 9. The molecule has 4 unspecified atom stereocenters. The molecule has 1 fully saturated rings. The van der Waals surface area contributed by atoms with Crippen LogP contribution in [0.2, 0.25) is 0 Å². The number of aliphatic hydroxyl groups excluding tert-OH is 1. The van der Waals surface area contributed by atoms with Gasteiger partial charge in [-0.05, 0) is 42.4 Å². The lowest BCUT2D eigenvalue weighted by Crippen LogP contribution is -2.56. The van der Waals surface area contributed by atoms with Crippen molar-refractivity contribution < 1.29 is 24.6 Å². The summed E-state index contributed by atoms with van der Waals surface area (Å²) < 4.78 is 0. The highest BCUT2D eigenvalue weighted by Gasteiger charge is 2.44. The monoisotopic (exact) mass is 514 g/mol. The number of nitrogens with one attached hydrogen (secondary N) is 1. The van der Waals surface area contributed by atoms with Gasteiger partial charge in [-0.3, -0.25) is 9.59 Å². The Labute approximate surface area is 213 Å². The van der Waals surface area contributed by atoms with Gasteiger partial charge in [0, 0.05) is 12.2 Å². The first-order valence-corrected chi connectivity index (χ1v) is 14.2. The highest BCUT2D eigenvalue weighted by atomic mass is 33.1. The van der Waals surface area contributed by atoms with E-state index in [0.717, 1.165) is 23.1 Å². The predicted molar refractivity (Wildman–Crippen MR) is 138 cm³/mol. The Kier molecular flexibility index (Phi) is 8.75. The van der Waals surface area contributed by atoms with Crippen molar-refractivity contribution in [1.82, 2.24) is 10.2 Å². The summed E-state index contributed by atoms with van der Waals surface area (Å²) in [6.07, 6.45) is 2.65. The molecule has 7 nitrogen and oxygen atoms in total. The number of carboxylic acid groups (broad SMARTS) is 1. The van der Waals surface area contributed by atoms with Crippen LogP contribution in [-0.4, -0.2) is 62.6 Å². The van der Waals surface area contributed by atoms with E-state index in [1.807, 2.05) is 54.6 Å². The van der Waals surface area contributed by atoms with E-state index < -0.39 is 23.3 Å². The van der Waals surface area contributed by atoms with Crippen molar-refractivity contribution in [1.29, 1.82) is 0 Å². The van der Waals surface area contributed by atoms with E-state index in [2.05, 4.69) is 5.32 Å². The zero-order valence-corrected chi connectivity index (χ0v) is 21.0. The van der Waals surface area contributed by atoms with Crippen molar-refractivity contribution in [2.45, 2.75) is 55.5 Å². The van der Waals surface area contributed by atoms with Gasteiger partial charge in [0.15, 0.2) is 0 Å². The summed E-state index contributed by atoms with van der Waals surface area (Å²) in [6.45, 7) is 0.0160. The standard InChI is InChI=1S/C26H30N2O5S2/c29-13-14-34-35-23(15-17-7-2-1-3-8-17)24(30)27-20-16-18-9-4-5-10-19(18)21-11-6-12-22(26(32)33)28(21)25(20)31/h1-5,7-10,20-23,29H,6,11-16H2,(H,27,30)(H,32,33). The molecular weight excluding hydrogens is 484 g/mol. The highest BCUT2D eigenvalue weighted by molar-refractivity contribution is 8.77. The molecular formula is C26H30N2O5S2. The molecule has 2 aliphatic rings. The van der Waals surface area contributed by atoms with Crippen molar-refractivity contribution in [2.75, 3.05) is 12.4 Å². The van der Waals surface area contributed by atoms with Crippen molar-refractivity contribution in [3.8, 4) is 0 Å². The number of hydrogen-bond donors (Lipinski definition) is 3. The maximum atomic E-state index is 13.7. The molecule has 1 saturated heterocycles. The van der Waals surface area contributed by atoms with E-state index in [0.29, 0.717) is 31.4 Å². The fraction of sp³-hybridized carbons (Fsp3) is 0.423. The van der Waals surface area contributed by atoms with E-state index in [9.17, 15) is 24.6 Å². The zero-order chi connectivity index (χ0) is 24.8. The maximum Gasteiger partial charge on any atom is 0.326 e. The Morgan fingerprint density at radius 3 is 2.57 bits per heavy atom. The molecule has 2 aliphatic heterocycles. The number of aliphatic hydroxyl groups is 1. The Morgan fingerprint density at radius 1 is 1.09 bits per heavy atom. The molecule has 35 heavy (non-hydrogen) atoms. The summed E-state index contributed by atoms with van der Waals surface area (Å²) in [4.78, 5) is 40.8. The van der Waals surface area contributed by atoms with Crippen molar-refractivity contribution in [2.24, 2.45) is 0 Å². The van der Waals surface area contributed by atoms with Gasteiger partial charge in [0.05, 0.1) is 17.9 Å². The Morgan fingerprint density at radius 2 is 1.83 bits per heavy atom. The van der Waals surface area contributed by atoms with Gasteiger partial charge in [-0.15, -0.1) is 0 Å². The van der Waals surface area contributed by atoms with Crippen LogP contribution < -0.4 is 5.32 Å². The normalized spacial score (nSPS) is 22.5. The number of hydrogen-bond acceptors (Lipinski definition) is 6. The van der Waals surface area contributed by atoms with E-state index in [1.165, 1.54) is 26.5 Å². The van der Waals surface area contributed by atoms with Crippen molar-refractivity contribution in [3.05, 3.63) is 71.3 Å². The highest BCUT2D eigenvalue weighted by Crippen LogP contribution is 2.39. The Hall–Kier alpha value is -2.49. The van der Waals surface area contributed by atoms with Gasteiger partial charge < -0.3 is 20.4 Å². The largest absolute Gasteiger partial charge is 0.480 e. The molecule has 2 heterocycles. The molecule has 4 rings (SSSR count). The average molecular weight is 515 g/mol. The number of amides is 2. The topological polar surface area (TPSA) is 107 Å². The Balaban J connectivity index is 1.60. The van der Waals surface area contributed by atoms with Gasteiger partial charge in [-0.2, -0.15) is 0 Å². The molecule has 186 valence electrons. The quantitative estimate of drug-likeness (QED) is 0.348. The fourth-order valence-electron chi connectivity index (χ4n) is 4.93. The molecule has 0 saturated carbocycles. The third-order valence-corrected chi connectivity index (χ3v) is 9.24. The molecule has 2 aromatic carbocycles. The number of nitrogens with zero attached hydrogens (tertiary/aromatic N) is 1. The van der Waals surface area contributed by atoms with Crippen LogP contribution in [0.1, 0.15) is 42.0 Å². The zero-order valence-electron chi connectivity index (χ0n) is 19.3. The summed E-state index contributed by atoms with van der Waals surface area (Å²) in [6, 6.07) is 15.4. The number of aliphatic carboxylic acids is 1. The minimum atomic E-state index is -1.01. The number of piperidine rings is 1. The second kappa shape index (κ2) is 12.0. The SMILES string of the molecule is O=C(NC1Cc2ccccc2C2CCCC(C(=O)O)N2C1=O)C(Cc1ccccc1)SSCCO. The van der Waals surface area contributed by atoms with E-state index in [-0.39, 0.29) is 24.5 Å².